The zero-order chi connectivity index (χ0) is 17.0. The second kappa shape index (κ2) is 7.59. The van der Waals surface area contributed by atoms with Crippen molar-refractivity contribution in [1.29, 1.82) is 0 Å². The van der Waals surface area contributed by atoms with Gasteiger partial charge in [0.05, 0.1) is 10.7 Å². The molecule has 124 valence electrons. The minimum Gasteiger partial charge on any atom is -0.311 e. The van der Waals surface area contributed by atoms with E-state index in [1.165, 1.54) is 6.20 Å². The van der Waals surface area contributed by atoms with Crippen LogP contribution in [-0.4, -0.2) is 20.7 Å². The average molecular weight is 335 g/mol. The average Bonchev–Trinajstić information content (AvgIpc) is 2.73. The van der Waals surface area contributed by atoms with Gasteiger partial charge in [0.2, 0.25) is 5.91 Å². The van der Waals surface area contributed by atoms with E-state index in [2.05, 4.69) is 36.2 Å². The predicted molar refractivity (Wildman–Crippen MR) is 92.7 cm³/mol. The summed E-state index contributed by atoms with van der Waals surface area (Å²) in [6, 6.07) is 3.39. The van der Waals surface area contributed by atoms with Gasteiger partial charge in [-0.2, -0.15) is 5.10 Å². The molecule has 2 rings (SSSR count). The third-order valence-corrected chi connectivity index (χ3v) is 3.89. The molecule has 0 aliphatic carbocycles. The minimum atomic E-state index is -0.0600. The molecule has 5 nitrogen and oxygen atoms in total. The van der Waals surface area contributed by atoms with Crippen LogP contribution in [0.4, 0.5) is 5.82 Å². The van der Waals surface area contributed by atoms with Gasteiger partial charge >= 0.3 is 0 Å². The first-order valence-corrected chi connectivity index (χ1v) is 8.19. The second-order valence-electron chi connectivity index (χ2n) is 6.14. The van der Waals surface area contributed by atoms with Crippen molar-refractivity contribution in [3.8, 4) is 0 Å². The Morgan fingerprint density at radius 2 is 2.09 bits per heavy atom. The Balaban J connectivity index is 1.96. The van der Waals surface area contributed by atoms with E-state index in [0.717, 1.165) is 23.5 Å². The molecule has 0 aromatic carbocycles. The predicted octanol–water partition coefficient (Wildman–Crippen LogP) is 3.78. The van der Waals surface area contributed by atoms with Crippen molar-refractivity contribution in [2.45, 2.75) is 47.1 Å². The molecule has 6 heteroatoms. The van der Waals surface area contributed by atoms with Gasteiger partial charge in [-0.05, 0) is 43.9 Å². The van der Waals surface area contributed by atoms with Gasteiger partial charge in [0.25, 0.3) is 0 Å². The lowest BCUT2D eigenvalue weighted by Gasteiger charge is -2.08. The molecule has 0 fully saturated rings. The van der Waals surface area contributed by atoms with Crippen LogP contribution in [0.1, 0.15) is 37.2 Å². The number of nitrogens with one attached hydrogen (secondary N) is 1. The van der Waals surface area contributed by atoms with Gasteiger partial charge in [-0.1, -0.05) is 25.4 Å². The summed E-state index contributed by atoms with van der Waals surface area (Å²) >= 11 is 5.78. The minimum absolute atomic E-state index is 0.0600. The van der Waals surface area contributed by atoms with Crippen molar-refractivity contribution in [1.82, 2.24) is 14.8 Å². The third-order valence-electron chi connectivity index (χ3n) is 3.67. The van der Waals surface area contributed by atoms with Gasteiger partial charge < -0.3 is 5.32 Å². The number of pyridine rings is 1. The molecule has 2 heterocycles. The van der Waals surface area contributed by atoms with Crippen LogP contribution in [-0.2, 0) is 17.8 Å². The SMILES string of the molecule is Cc1nn(CC(C)C)c(C)c1CCC(=O)Nc1ccc(Cl)cn1. The maximum Gasteiger partial charge on any atom is 0.225 e. The largest absolute Gasteiger partial charge is 0.311 e. The number of amides is 1. The fourth-order valence-electron chi connectivity index (χ4n) is 2.51. The zero-order valence-corrected chi connectivity index (χ0v) is 14.8. The summed E-state index contributed by atoms with van der Waals surface area (Å²) in [6.07, 6.45) is 2.59. The van der Waals surface area contributed by atoms with Crippen LogP contribution in [0.2, 0.25) is 5.02 Å². The van der Waals surface area contributed by atoms with Crippen molar-refractivity contribution in [2.24, 2.45) is 5.92 Å². The Kier molecular flexibility index (Phi) is 5.77. The quantitative estimate of drug-likeness (QED) is 0.874. The first-order chi connectivity index (χ1) is 10.9. The standard InChI is InChI=1S/C17H23ClN4O/c1-11(2)10-22-13(4)15(12(3)21-22)6-8-17(23)20-16-7-5-14(18)9-19-16/h5,7,9,11H,6,8,10H2,1-4H3,(H,19,20,23). The van der Waals surface area contributed by atoms with Crippen molar-refractivity contribution in [3.05, 3.63) is 40.3 Å². The van der Waals surface area contributed by atoms with Crippen molar-refractivity contribution >= 4 is 23.3 Å². The molecular formula is C17H23ClN4O. The molecule has 0 spiro atoms. The summed E-state index contributed by atoms with van der Waals surface area (Å²) in [5.41, 5.74) is 3.30. The Hall–Kier alpha value is -1.88. The highest BCUT2D eigenvalue weighted by atomic mass is 35.5. The number of halogens is 1. The molecule has 1 amide bonds. The van der Waals surface area contributed by atoms with Gasteiger partial charge in [-0.3, -0.25) is 9.48 Å². The highest BCUT2D eigenvalue weighted by molar-refractivity contribution is 6.30. The number of rotatable bonds is 6. The van der Waals surface area contributed by atoms with Crippen LogP contribution in [0.25, 0.3) is 0 Å². The Morgan fingerprint density at radius 3 is 2.70 bits per heavy atom. The lowest BCUT2D eigenvalue weighted by atomic mass is 10.1. The normalized spacial score (nSPS) is 11.0. The Morgan fingerprint density at radius 1 is 1.35 bits per heavy atom. The third kappa shape index (κ3) is 4.79. The van der Waals surface area contributed by atoms with Gasteiger partial charge in [0.1, 0.15) is 5.82 Å². The number of aromatic nitrogens is 3. The molecule has 23 heavy (non-hydrogen) atoms. The fourth-order valence-corrected chi connectivity index (χ4v) is 2.62. The smallest absolute Gasteiger partial charge is 0.225 e. The van der Waals surface area contributed by atoms with E-state index in [-0.39, 0.29) is 5.91 Å². The number of carbonyl (C=O) groups excluding carboxylic acids is 1. The van der Waals surface area contributed by atoms with Gasteiger partial charge in [0, 0.05) is 24.9 Å². The number of aryl methyl sites for hydroxylation is 1. The highest BCUT2D eigenvalue weighted by Crippen LogP contribution is 2.17. The van der Waals surface area contributed by atoms with Crippen LogP contribution >= 0.6 is 11.6 Å². The van der Waals surface area contributed by atoms with Gasteiger partial charge in [-0.25, -0.2) is 4.98 Å². The fraction of sp³-hybridized carbons (Fsp3) is 0.471. The number of nitrogens with zero attached hydrogens (tertiary/aromatic N) is 3. The van der Waals surface area contributed by atoms with Crippen LogP contribution in [0, 0.1) is 19.8 Å². The number of anilines is 1. The van der Waals surface area contributed by atoms with E-state index in [1.807, 2.05) is 11.6 Å². The first kappa shape index (κ1) is 17.5. The van der Waals surface area contributed by atoms with Crippen LogP contribution in [0.5, 0.6) is 0 Å². The maximum absolute atomic E-state index is 12.1. The number of carbonyl (C=O) groups is 1. The van der Waals surface area contributed by atoms with Crippen LogP contribution in [0.3, 0.4) is 0 Å². The first-order valence-electron chi connectivity index (χ1n) is 7.81. The summed E-state index contributed by atoms with van der Waals surface area (Å²) < 4.78 is 2.04. The van der Waals surface area contributed by atoms with E-state index in [4.69, 9.17) is 11.6 Å². The van der Waals surface area contributed by atoms with Crippen molar-refractivity contribution in [2.75, 3.05) is 5.32 Å². The van der Waals surface area contributed by atoms with Gasteiger partial charge in [-0.15, -0.1) is 0 Å². The van der Waals surface area contributed by atoms with E-state index >= 15 is 0 Å². The molecule has 2 aromatic heterocycles. The maximum atomic E-state index is 12.1. The molecular weight excluding hydrogens is 312 g/mol. The van der Waals surface area contributed by atoms with E-state index in [9.17, 15) is 4.79 Å². The molecule has 0 aliphatic heterocycles. The lowest BCUT2D eigenvalue weighted by Crippen LogP contribution is -2.13. The summed E-state index contributed by atoms with van der Waals surface area (Å²) in [4.78, 5) is 16.1. The summed E-state index contributed by atoms with van der Waals surface area (Å²) in [5.74, 6) is 0.999. The molecule has 0 aliphatic rings. The molecule has 0 saturated heterocycles. The summed E-state index contributed by atoms with van der Waals surface area (Å²) in [7, 11) is 0. The topological polar surface area (TPSA) is 59.8 Å². The molecule has 0 radical (unpaired) electrons. The highest BCUT2D eigenvalue weighted by Gasteiger charge is 2.14. The van der Waals surface area contributed by atoms with E-state index in [1.54, 1.807) is 12.1 Å². The zero-order valence-electron chi connectivity index (χ0n) is 14.1. The molecule has 1 N–H and O–H groups in total. The number of hydrogen-bond acceptors (Lipinski definition) is 3. The van der Waals surface area contributed by atoms with Crippen molar-refractivity contribution < 1.29 is 4.79 Å². The lowest BCUT2D eigenvalue weighted by molar-refractivity contribution is -0.116. The van der Waals surface area contributed by atoms with E-state index in [0.29, 0.717) is 29.6 Å². The molecule has 0 bridgehead atoms. The van der Waals surface area contributed by atoms with E-state index < -0.39 is 0 Å². The van der Waals surface area contributed by atoms with Gasteiger partial charge in [0.15, 0.2) is 0 Å². The summed E-state index contributed by atoms with van der Waals surface area (Å²) in [5, 5.41) is 7.91. The Bertz CT molecular complexity index is 677. The molecule has 2 aromatic rings. The monoisotopic (exact) mass is 334 g/mol. The molecule has 0 unspecified atom stereocenters. The second-order valence-corrected chi connectivity index (χ2v) is 6.57. The van der Waals surface area contributed by atoms with Crippen molar-refractivity contribution in [3.63, 3.8) is 0 Å². The molecule has 0 atom stereocenters. The Labute approximate surface area is 142 Å². The number of hydrogen-bond donors (Lipinski definition) is 1. The summed E-state index contributed by atoms with van der Waals surface area (Å²) in [6.45, 7) is 9.30. The van der Waals surface area contributed by atoms with Crippen LogP contribution < -0.4 is 5.32 Å². The molecule has 0 saturated carbocycles. The van der Waals surface area contributed by atoms with Crippen LogP contribution in [0.15, 0.2) is 18.3 Å².